The molecule has 3 aromatic rings. The lowest BCUT2D eigenvalue weighted by Crippen LogP contribution is -2.39. The Kier molecular flexibility index (Phi) is 8.68. The minimum absolute atomic E-state index is 0.0659. The van der Waals surface area contributed by atoms with Crippen molar-refractivity contribution >= 4 is 51.3 Å². The lowest BCUT2D eigenvalue weighted by Gasteiger charge is -2.30. The molecule has 214 valence electrons. The summed E-state index contributed by atoms with van der Waals surface area (Å²) in [7, 11) is 0. The number of esters is 1. The third kappa shape index (κ3) is 6.12. The van der Waals surface area contributed by atoms with Crippen LogP contribution in [0.4, 0.5) is 5.69 Å². The van der Waals surface area contributed by atoms with Crippen molar-refractivity contribution in [2.24, 2.45) is 10.9 Å². The maximum Gasteiger partial charge on any atom is 0.344 e. The van der Waals surface area contributed by atoms with Crippen molar-refractivity contribution in [3.8, 4) is 0 Å². The Morgan fingerprint density at radius 2 is 1.85 bits per heavy atom. The summed E-state index contributed by atoms with van der Waals surface area (Å²) in [6.07, 6.45) is 6.76. The van der Waals surface area contributed by atoms with Crippen LogP contribution in [0, 0.1) is 12.8 Å². The minimum Gasteiger partial charge on any atom is -0.506 e. The highest BCUT2D eigenvalue weighted by molar-refractivity contribution is 8.18. The predicted molar refractivity (Wildman–Crippen MR) is 166 cm³/mol. The fraction of sp³-hybridized carbons (Fsp3) is 0.364. The summed E-state index contributed by atoms with van der Waals surface area (Å²) in [5.41, 5.74) is 4.89. The molecule has 5 rings (SSSR count). The number of ether oxygens (including phenoxy) is 1. The highest BCUT2D eigenvalue weighted by Crippen LogP contribution is 2.41. The van der Waals surface area contributed by atoms with Crippen LogP contribution in [0.3, 0.4) is 0 Å². The van der Waals surface area contributed by atoms with Crippen LogP contribution in [-0.2, 0) is 27.3 Å². The second-order valence-electron chi connectivity index (χ2n) is 10.7. The fourth-order valence-electron chi connectivity index (χ4n) is 5.36. The molecule has 8 heteroatoms. The van der Waals surface area contributed by atoms with E-state index in [-0.39, 0.29) is 30.4 Å². The first kappa shape index (κ1) is 28.7. The van der Waals surface area contributed by atoms with Crippen LogP contribution in [0.25, 0.3) is 17.0 Å². The number of piperidine rings is 1. The highest BCUT2D eigenvalue weighted by Gasteiger charge is 2.33. The quantitative estimate of drug-likeness (QED) is 0.310. The monoisotopic (exact) mass is 571 g/mol. The molecule has 1 N–H and O–H groups in total. The van der Waals surface area contributed by atoms with Crippen molar-refractivity contribution in [2.45, 2.75) is 53.5 Å². The number of thioether (sulfide) groups is 1. The van der Waals surface area contributed by atoms with Gasteiger partial charge in [0.2, 0.25) is 5.91 Å². The number of likely N-dealkylation sites (tertiary alicyclic amines) is 1. The highest BCUT2D eigenvalue weighted by atomic mass is 32.2. The van der Waals surface area contributed by atoms with E-state index in [1.165, 1.54) is 11.8 Å². The number of aromatic nitrogens is 1. The number of carbonyl (C=O) groups excluding carboxylic acids is 2. The molecule has 0 saturated carbocycles. The number of fused-ring (bicyclic) bond motifs is 1. The van der Waals surface area contributed by atoms with Gasteiger partial charge in [0.1, 0.15) is 22.9 Å². The number of nitrogens with zero attached hydrogens (tertiary/aromatic N) is 3. The van der Waals surface area contributed by atoms with Crippen LogP contribution in [0.1, 0.15) is 50.3 Å². The summed E-state index contributed by atoms with van der Waals surface area (Å²) in [6.45, 7) is 10.1. The molecule has 41 heavy (non-hydrogen) atoms. The Morgan fingerprint density at radius 3 is 2.54 bits per heavy atom. The molecule has 0 radical (unpaired) electrons. The van der Waals surface area contributed by atoms with Crippen LogP contribution in [0.5, 0.6) is 0 Å². The van der Waals surface area contributed by atoms with Crippen molar-refractivity contribution in [3.63, 3.8) is 0 Å². The lowest BCUT2D eigenvalue weighted by atomic mass is 9.99. The molecule has 3 heterocycles. The van der Waals surface area contributed by atoms with Gasteiger partial charge in [0, 0.05) is 30.2 Å². The van der Waals surface area contributed by atoms with Crippen molar-refractivity contribution in [3.05, 3.63) is 81.6 Å². The van der Waals surface area contributed by atoms with E-state index in [4.69, 9.17) is 4.74 Å². The lowest BCUT2D eigenvalue weighted by molar-refractivity contribution is -0.138. The van der Waals surface area contributed by atoms with Gasteiger partial charge in [-0.05, 0) is 62.8 Å². The van der Waals surface area contributed by atoms with Crippen LogP contribution < -0.4 is 0 Å². The largest absolute Gasteiger partial charge is 0.506 e. The number of amides is 1. The van der Waals surface area contributed by atoms with E-state index < -0.39 is 5.97 Å². The van der Waals surface area contributed by atoms with Gasteiger partial charge < -0.3 is 19.3 Å². The zero-order valence-electron chi connectivity index (χ0n) is 24.1. The van der Waals surface area contributed by atoms with Gasteiger partial charge in [-0.25, -0.2) is 9.79 Å². The molecule has 1 saturated heterocycles. The fourth-order valence-corrected chi connectivity index (χ4v) is 6.39. The summed E-state index contributed by atoms with van der Waals surface area (Å²) in [5.74, 6) is 0.0169. The average Bonchev–Trinajstić information content (AvgIpc) is 3.46. The zero-order chi connectivity index (χ0) is 29.1. The van der Waals surface area contributed by atoms with Gasteiger partial charge in [-0.2, -0.15) is 0 Å². The average molecular weight is 572 g/mol. The van der Waals surface area contributed by atoms with E-state index in [0.717, 1.165) is 59.9 Å². The number of benzene rings is 2. The van der Waals surface area contributed by atoms with Crippen molar-refractivity contribution in [1.82, 2.24) is 9.47 Å². The molecule has 1 fully saturated rings. The van der Waals surface area contributed by atoms with Gasteiger partial charge in [0.15, 0.2) is 0 Å². The number of aliphatic hydroxyl groups is 1. The van der Waals surface area contributed by atoms with E-state index in [2.05, 4.69) is 24.9 Å². The van der Waals surface area contributed by atoms with E-state index in [9.17, 15) is 14.7 Å². The molecule has 2 aromatic carbocycles. The van der Waals surface area contributed by atoms with E-state index in [1.807, 2.05) is 65.1 Å². The van der Waals surface area contributed by atoms with Crippen LogP contribution in [-0.4, -0.2) is 51.2 Å². The third-order valence-corrected chi connectivity index (χ3v) is 8.78. The smallest absolute Gasteiger partial charge is 0.344 e. The maximum atomic E-state index is 13.3. The first-order valence-electron chi connectivity index (χ1n) is 14.3. The molecule has 2 aliphatic heterocycles. The number of aryl methyl sites for hydroxylation is 2. The molecule has 0 unspecified atom stereocenters. The number of aliphatic hydroxyl groups excluding tert-OH is 1. The standard InChI is InChI=1S/C33H37N3O4S/c1-5-23-8-7-9-26-24(19-36(30(23)26)20-28(37)35-16-14-22(4)15-17-35)18-27-31(38)29(33(39)40-6-2)32(41-27)34-25-12-10-21(3)11-13-25/h7-13,18-19,22,38H,5-6,14-17,20H2,1-4H3/b27-18-,34-32?. The van der Waals surface area contributed by atoms with Gasteiger partial charge in [-0.1, -0.05) is 61.5 Å². The molecule has 0 bridgehead atoms. The molecule has 1 aromatic heterocycles. The topological polar surface area (TPSA) is 84.1 Å². The second kappa shape index (κ2) is 12.4. The molecule has 0 atom stereocenters. The van der Waals surface area contributed by atoms with Crippen molar-refractivity contribution in [2.75, 3.05) is 19.7 Å². The van der Waals surface area contributed by atoms with Gasteiger partial charge >= 0.3 is 5.97 Å². The molecule has 1 amide bonds. The Bertz CT molecular complexity index is 1560. The Labute approximate surface area is 245 Å². The first-order chi connectivity index (χ1) is 19.8. The summed E-state index contributed by atoms with van der Waals surface area (Å²) in [5, 5.41) is 12.6. The second-order valence-corrected chi connectivity index (χ2v) is 11.8. The van der Waals surface area contributed by atoms with E-state index >= 15 is 0 Å². The number of carbonyl (C=O) groups is 2. The Morgan fingerprint density at radius 1 is 1.12 bits per heavy atom. The van der Waals surface area contributed by atoms with E-state index in [1.54, 1.807) is 6.92 Å². The number of para-hydroxylation sites is 1. The van der Waals surface area contributed by atoms with Gasteiger partial charge in [0.25, 0.3) is 0 Å². The van der Waals surface area contributed by atoms with E-state index in [0.29, 0.717) is 21.6 Å². The van der Waals surface area contributed by atoms with Gasteiger partial charge in [0.05, 0.1) is 22.7 Å². The predicted octanol–water partition coefficient (Wildman–Crippen LogP) is 6.96. The summed E-state index contributed by atoms with van der Waals surface area (Å²) in [4.78, 5) is 33.4. The Balaban J connectivity index is 1.54. The molecule has 0 spiro atoms. The zero-order valence-corrected chi connectivity index (χ0v) is 25.0. The summed E-state index contributed by atoms with van der Waals surface area (Å²) >= 11 is 1.24. The van der Waals surface area contributed by atoms with Crippen molar-refractivity contribution in [1.29, 1.82) is 0 Å². The number of aliphatic imine (C=N–C) groups is 1. The number of hydrogen-bond donors (Lipinski definition) is 1. The number of rotatable bonds is 7. The third-order valence-electron chi connectivity index (χ3n) is 7.76. The SMILES string of the molecule is CCOC(=O)C1=C(O)/C(=C/c2cn(CC(=O)N3CCC(C)CC3)c3c(CC)cccc23)SC1=Nc1ccc(C)cc1. The molecular weight excluding hydrogens is 534 g/mol. The van der Waals surface area contributed by atoms with Gasteiger partial charge in [-0.15, -0.1) is 0 Å². The molecule has 0 aliphatic carbocycles. The minimum atomic E-state index is -0.607. The Hall–Kier alpha value is -3.78. The van der Waals surface area contributed by atoms with Crippen LogP contribution >= 0.6 is 11.8 Å². The first-order valence-corrected chi connectivity index (χ1v) is 15.1. The van der Waals surface area contributed by atoms with Crippen LogP contribution in [0.15, 0.2) is 69.9 Å². The maximum absolute atomic E-state index is 13.3. The molecule has 7 nitrogen and oxygen atoms in total. The molecular formula is C33H37N3O4S. The summed E-state index contributed by atoms with van der Waals surface area (Å²) < 4.78 is 7.31. The van der Waals surface area contributed by atoms with Gasteiger partial charge in [-0.3, -0.25) is 4.79 Å². The summed E-state index contributed by atoms with van der Waals surface area (Å²) in [6, 6.07) is 13.8. The number of hydrogen-bond acceptors (Lipinski definition) is 6. The van der Waals surface area contributed by atoms with Crippen LogP contribution in [0.2, 0.25) is 0 Å². The molecule has 2 aliphatic rings. The van der Waals surface area contributed by atoms with Crippen molar-refractivity contribution < 1.29 is 19.4 Å². The normalized spacial score (nSPS) is 18.2.